The fourth-order valence-corrected chi connectivity index (χ4v) is 2.68. The number of nitrogens with zero attached hydrogens (tertiary/aromatic N) is 1. The lowest BCUT2D eigenvalue weighted by molar-refractivity contribution is 0.588. The summed E-state index contributed by atoms with van der Waals surface area (Å²) in [5.41, 5.74) is 13.0. The molecule has 1 aromatic heterocycles. The zero-order chi connectivity index (χ0) is 15.6. The van der Waals surface area contributed by atoms with Gasteiger partial charge in [-0.05, 0) is 59.6 Å². The van der Waals surface area contributed by atoms with Crippen LogP contribution in [-0.4, -0.2) is 4.98 Å². The average Bonchev–Trinajstić information content (AvgIpc) is 2.42. The lowest BCUT2D eigenvalue weighted by atomic mass is 9.82. The van der Waals surface area contributed by atoms with Crippen molar-refractivity contribution in [3.8, 4) is 0 Å². The van der Waals surface area contributed by atoms with E-state index >= 15 is 0 Å². The van der Waals surface area contributed by atoms with Crippen molar-refractivity contribution in [2.75, 3.05) is 0 Å². The van der Waals surface area contributed by atoms with Crippen LogP contribution in [0.25, 0.3) is 0 Å². The highest BCUT2D eigenvalue weighted by atomic mass is 14.7. The second-order valence-corrected chi connectivity index (χ2v) is 6.94. The maximum atomic E-state index is 6.35. The predicted molar refractivity (Wildman–Crippen MR) is 89.5 cm³/mol. The van der Waals surface area contributed by atoms with Gasteiger partial charge < -0.3 is 5.73 Å². The Labute approximate surface area is 128 Å². The van der Waals surface area contributed by atoms with E-state index in [4.69, 9.17) is 5.73 Å². The van der Waals surface area contributed by atoms with Crippen LogP contribution in [0.5, 0.6) is 0 Å². The minimum absolute atomic E-state index is 0.00316. The first kappa shape index (κ1) is 15.7. The van der Waals surface area contributed by atoms with Crippen molar-refractivity contribution < 1.29 is 0 Å². The second kappa shape index (κ2) is 5.98. The summed E-state index contributed by atoms with van der Waals surface area (Å²) in [6.07, 6.45) is 4.50. The van der Waals surface area contributed by atoms with Crippen LogP contribution in [0, 0.1) is 13.8 Å². The number of aromatic nitrogens is 1. The molecule has 0 spiro atoms. The molecular formula is C19H26N2. The van der Waals surface area contributed by atoms with Crippen molar-refractivity contribution >= 4 is 0 Å². The molecule has 2 rings (SSSR count). The molecule has 112 valence electrons. The molecule has 1 atom stereocenters. The Hall–Kier alpha value is -1.67. The smallest absolute Gasteiger partial charge is 0.0351 e. The standard InChI is InChI=1S/C19H26N2/c1-13-9-16(19(3,4)5)10-14(2)17(13)11-18(20)15-7-6-8-21-12-15/h6-10,12,18H,11,20H2,1-5H3. The van der Waals surface area contributed by atoms with Crippen LogP contribution in [0.1, 0.15) is 54.6 Å². The van der Waals surface area contributed by atoms with E-state index in [1.165, 1.54) is 22.3 Å². The van der Waals surface area contributed by atoms with E-state index < -0.39 is 0 Å². The normalized spacial score (nSPS) is 13.2. The minimum Gasteiger partial charge on any atom is -0.324 e. The topological polar surface area (TPSA) is 38.9 Å². The molecule has 0 radical (unpaired) electrons. The number of benzene rings is 1. The maximum Gasteiger partial charge on any atom is 0.0351 e. The summed E-state index contributed by atoms with van der Waals surface area (Å²) in [6.45, 7) is 11.1. The fraction of sp³-hybridized carbons (Fsp3) is 0.421. The third kappa shape index (κ3) is 3.70. The Balaban J connectivity index is 2.29. The van der Waals surface area contributed by atoms with Crippen LogP contribution in [0.15, 0.2) is 36.7 Å². The van der Waals surface area contributed by atoms with Crippen LogP contribution in [-0.2, 0) is 11.8 Å². The summed E-state index contributed by atoms with van der Waals surface area (Å²) in [6, 6.07) is 8.59. The van der Waals surface area contributed by atoms with Gasteiger partial charge in [0.2, 0.25) is 0 Å². The molecule has 0 aliphatic heterocycles. The third-order valence-corrected chi connectivity index (χ3v) is 4.10. The molecule has 0 fully saturated rings. The van der Waals surface area contributed by atoms with E-state index in [-0.39, 0.29) is 11.5 Å². The Morgan fingerprint density at radius 2 is 1.76 bits per heavy atom. The summed E-state index contributed by atoms with van der Waals surface area (Å²) in [7, 11) is 0. The molecule has 0 aliphatic rings. The molecule has 1 unspecified atom stereocenters. The van der Waals surface area contributed by atoms with Crippen molar-refractivity contribution in [1.82, 2.24) is 4.98 Å². The van der Waals surface area contributed by atoms with Gasteiger partial charge in [0.25, 0.3) is 0 Å². The Morgan fingerprint density at radius 1 is 1.14 bits per heavy atom. The molecule has 21 heavy (non-hydrogen) atoms. The molecule has 2 heteroatoms. The van der Waals surface area contributed by atoms with E-state index in [2.05, 4.69) is 51.7 Å². The lowest BCUT2D eigenvalue weighted by Crippen LogP contribution is -2.17. The van der Waals surface area contributed by atoms with Crippen molar-refractivity contribution in [2.24, 2.45) is 5.73 Å². The van der Waals surface area contributed by atoms with Gasteiger partial charge in [-0.25, -0.2) is 0 Å². The zero-order valence-electron chi connectivity index (χ0n) is 13.8. The summed E-state index contributed by atoms with van der Waals surface area (Å²) in [5.74, 6) is 0. The van der Waals surface area contributed by atoms with Gasteiger partial charge in [-0.3, -0.25) is 4.98 Å². The quantitative estimate of drug-likeness (QED) is 0.914. The van der Waals surface area contributed by atoms with Gasteiger partial charge in [0, 0.05) is 18.4 Å². The van der Waals surface area contributed by atoms with E-state index in [0.717, 1.165) is 12.0 Å². The van der Waals surface area contributed by atoms with E-state index in [9.17, 15) is 0 Å². The van der Waals surface area contributed by atoms with Gasteiger partial charge in [0.1, 0.15) is 0 Å². The van der Waals surface area contributed by atoms with E-state index in [1.54, 1.807) is 6.20 Å². The van der Waals surface area contributed by atoms with Crippen LogP contribution in [0.4, 0.5) is 0 Å². The summed E-state index contributed by atoms with van der Waals surface area (Å²) >= 11 is 0. The summed E-state index contributed by atoms with van der Waals surface area (Å²) in [4.78, 5) is 4.16. The van der Waals surface area contributed by atoms with Crippen molar-refractivity contribution in [1.29, 1.82) is 0 Å². The average molecular weight is 282 g/mol. The number of aryl methyl sites for hydroxylation is 2. The largest absolute Gasteiger partial charge is 0.324 e. The van der Waals surface area contributed by atoms with Crippen molar-refractivity contribution in [2.45, 2.75) is 52.5 Å². The van der Waals surface area contributed by atoms with Crippen LogP contribution in [0.2, 0.25) is 0 Å². The molecule has 1 heterocycles. The lowest BCUT2D eigenvalue weighted by Gasteiger charge is -2.23. The monoisotopic (exact) mass is 282 g/mol. The molecule has 2 nitrogen and oxygen atoms in total. The zero-order valence-corrected chi connectivity index (χ0v) is 13.8. The maximum absolute atomic E-state index is 6.35. The van der Waals surface area contributed by atoms with Crippen LogP contribution < -0.4 is 5.73 Å². The molecule has 0 aliphatic carbocycles. The molecule has 0 bridgehead atoms. The first-order chi connectivity index (χ1) is 9.79. The summed E-state index contributed by atoms with van der Waals surface area (Å²) < 4.78 is 0. The predicted octanol–water partition coefficient (Wildman–Crippen LogP) is 4.24. The van der Waals surface area contributed by atoms with Gasteiger partial charge in [-0.1, -0.05) is 39.0 Å². The Morgan fingerprint density at radius 3 is 2.24 bits per heavy atom. The molecular weight excluding hydrogens is 256 g/mol. The Kier molecular flexibility index (Phi) is 4.48. The molecule has 1 aromatic carbocycles. The first-order valence-corrected chi connectivity index (χ1v) is 7.55. The number of nitrogens with two attached hydrogens (primary N) is 1. The summed E-state index contributed by atoms with van der Waals surface area (Å²) in [5, 5.41) is 0. The van der Waals surface area contributed by atoms with Gasteiger partial charge in [-0.2, -0.15) is 0 Å². The first-order valence-electron chi connectivity index (χ1n) is 7.55. The number of hydrogen-bond acceptors (Lipinski definition) is 2. The third-order valence-electron chi connectivity index (χ3n) is 4.10. The highest BCUT2D eigenvalue weighted by molar-refractivity contribution is 5.41. The van der Waals surface area contributed by atoms with Gasteiger partial charge >= 0.3 is 0 Å². The van der Waals surface area contributed by atoms with E-state index in [0.29, 0.717) is 0 Å². The van der Waals surface area contributed by atoms with Crippen LogP contribution >= 0.6 is 0 Å². The Bertz CT molecular complexity index is 586. The highest BCUT2D eigenvalue weighted by Crippen LogP contribution is 2.28. The number of rotatable bonds is 3. The second-order valence-electron chi connectivity index (χ2n) is 6.94. The number of pyridine rings is 1. The molecule has 0 amide bonds. The fourth-order valence-electron chi connectivity index (χ4n) is 2.68. The highest BCUT2D eigenvalue weighted by Gasteiger charge is 2.17. The molecule has 2 N–H and O–H groups in total. The van der Waals surface area contributed by atoms with Crippen LogP contribution in [0.3, 0.4) is 0 Å². The SMILES string of the molecule is Cc1cc(C(C)(C)C)cc(C)c1CC(N)c1cccnc1. The molecule has 2 aromatic rings. The number of hydrogen-bond donors (Lipinski definition) is 1. The minimum atomic E-state index is -0.00316. The van der Waals surface area contributed by atoms with Gasteiger partial charge in [0.15, 0.2) is 0 Å². The van der Waals surface area contributed by atoms with Gasteiger partial charge in [-0.15, -0.1) is 0 Å². The molecule has 0 saturated carbocycles. The van der Waals surface area contributed by atoms with Gasteiger partial charge in [0.05, 0.1) is 0 Å². The molecule has 0 saturated heterocycles. The van der Waals surface area contributed by atoms with E-state index in [1.807, 2.05) is 18.3 Å². The van der Waals surface area contributed by atoms with Crippen molar-refractivity contribution in [3.05, 3.63) is 64.5 Å². The van der Waals surface area contributed by atoms with Crippen molar-refractivity contribution in [3.63, 3.8) is 0 Å².